The van der Waals surface area contributed by atoms with Crippen molar-refractivity contribution < 1.29 is 26.7 Å². The van der Waals surface area contributed by atoms with Gasteiger partial charge in [-0.1, -0.05) is 12.1 Å². The lowest BCUT2D eigenvalue weighted by Crippen LogP contribution is -2.48. The van der Waals surface area contributed by atoms with Crippen molar-refractivity contribution in [1.82, 2.24) is 4.98 Å². The Morgan fingerprint density at radius 3 is 2.50 bits per heavy atom. The molecule has 0 atom stereocenters. The van der Waals surface area contributed by atoms with Crippen LogP contribution in [-0.2, 0) is 16.4 Å². The van der Waals surface area contributed by atoms with Crippen LogP contribution in [0.5, 0.6) is 0 Å². The van der Waals surface area contributed by atoms with Crippen molar-refractivity contribution in [3.8, 4) is 11.3 Å². The van der Waals surface area contributed by atoms with Crippen LogP contribution < -0.4 is 5.73 Å². The number of fused-ring (bicyclic) bond motifs is 1. The summed E-state index contributed by atoms with van der Waals surface area (Å²) in [6.45, 7) is 2.27. The SMILES string of the molecule is Cc1cc(S(=O)(=O)CC2CCC(O)(C(F)(F)F)CC2)ccc1-c1ccc2c(n1)C(N)=NC2. The fraction of sp³-hybridized carbons (Fsp3) is 0.455. The van der Waals surface area contributed by atoms with Crippen LogP contribution in [0.25, 0.3) is 11.3 Å². The number of hydrogen-bond donors (Lipinski definition) is 2. The first kappa shape index (κ1) is 22.7. The number of nitrogens with zero attached hydrogens (tertiary/aromatic N) is 2. The van der Waals surface area contributed by atoms with Gasteiger partial charge < -0.3 is 10.8 Å². The van der Waals surface area contributed by atoms with Crippen molar-refractivity contribution in [2.45, 2.75) is 55.8 Å². The summed E-state index contributed by atoms with van der Waals surface area (Å²) >= 11 is 0. The van der Waals surface area contributed by atoms with E-state index < -0.39 is 40.4 Å². The fourth-order valence-corrected chi connectivity index (χ4v) is 6.14. The highest BCUT2D eigenvalue weighted by Gasteiger charge is 2.54. The van der Waals surface area contributed by atoms with E-state index in [9.17, 15) is 26.7 Å². The van der Waals surface area contributed by atoms with Crippen molar-refractivity contribution >= 4 is 15.7 Å². The van der Waals surface area contributed by atoms with Gasteiger partial charge in [-0.25, -0.2) is 13.4 Å². The quantitative estimate of drug-likeness (QED) is 0.716. The Kier molecular flexibility index (Phi) is 5.57. The van der Waals surface area contributed by atoms with E-state index in [1.807, 2.05) is 12.1 Å². The molecule has 4 rings (SSSR count). The van der Waals surface area contributed by atoms with E-state index >= 15 is 0 Å². The van der Waals surface area contributed by atoms with E-state index in [1.165, 1.54) is 6.07 Å². The number of aromatic nitrogens is 1. The van der Waals surface area contributed by atoms with Gasteiger partial charge in [0.15, 0.2) is 15.4 Å². The lowest BCUT2D eigenvalue weighted by molar-refractivity contribution is -0.271. The molecule has 1 saturated carbocycles. The van der Waals surface area contributed by atoms with Crippen LogP contribution in [0.4, 0.5) is 13.2 Å². The molecule has 1 aromatic carbocycles. The predicted octanol–water partition coefficient (Wildman–Crippen LogP) is 3.53. The lowest BCUT2D eigenvalue weighted by Gasteiger charge is -2.37. The first-order valence-corrected chi connectivity index (χ1v) is 12.0. The number of aliphatic hydroxyl groups is 1. The number of halogens is 3. The number of alkyl halides is 3. The molecule has 6 nitrogen and oxygen atoms in total. The van der Waals surface area contributed by atoms with E-state index in [2.05, 4.69) is 9.98 Å². The molecule has 2 heterocycles. The maximum Gasteiger partial charge on any atom is 0.417 e. The highest BCUT2D eigenvalue weighted by atomic mass is 32.2. The van der Waals surface area contributed by atoms with Gasteiger partial charge in [0, 0.05) is 11.1 Å². The number of benzene rings is 1. The molecule has 0 amide bonds. The Balaban J connectivity index is 1.51. The number of sulfone groups is 1. The summed E-state index contributed by atoms with van der Waals surface area (Å²) in [6, 6.07) is 8.48. The van der Waals surface area contributed by atoms with E-state index in [4.69, 9.17) is 5.73 Å². The molecule has 172 valence electrons. The minimum absolute atomic E-state index is 0.00826. The third kappa shape index (κ3) is 4.13. The average Bonchev–Trinajstić information content (AvgIpc) is 3.09. The van der Waals surface area contributed by atoms with Crippen molar-refractivity contribution in [3.05, 3.63) is 47.2 Å². The van der Waals surface area contributed by atoms with Gasteiger partial charge in [-0.15, -0.1) is 0 Å². The highest BCUT2D eigenvalue weighted by molar-refractivity contribution is 7.91. The summed E-state index contributed by atoms with van der Waals surface area (Å²) in [6.07, 6.45) is -5.65. The summed E-state index contributed by atoms with van der Waals surface area (Å²) in [4.78, 5) is 8.85. The molecule has 0 unspecified atom stereocenters. The summed E-state index contributed by atoms with van der Waals surface area (Å²) in [7, 11) is -3.69. The third-order valence-corrected chi connectivity index (χ3v) is 8.27. The van der Waals surface area contributed by atoms with Crippen molar-refractivity contribution in [2.24, 2.45) is 16.6 Å². The molecule has 2 aromatic rings. The zero-order chi connectivity index (χ0) is 23.3. The van der Waals surface area contributed by atoms with Crippen LogP contribution in [0.15, 0.2) is 40.2 Å². The molecule has 0 radical (unpaired) electrons. The number of aryl methyl sites for hydroxylation is 1. The highest BCUT2D eigenvalue weighted by Crippen LogP contribution is 2.43. The number of rotatable bonds is 4. The first-order valence-electron chi connectivity index (χ1n) is 10.3. The minimum atomic E-state index is -4.70. The van der Waals surface area contributed by atoms with Crippen molar-refractivity contribution in [2.75, 3.05) is 5.75 Å². The van der Waals surface area contributed by atoms with Crippen molar-refractivity contribution in [3.63, 3.8) is 0 Å². The van der Waals surface area contributed by atoms with Gasteiger partial charge in [-0.3, -0.25) is 4.99 Å². The normalized spacial score (nSPS) is 23.7. The second-order valence-corrected chi connectivity index (χ2v) is 10.7. The lowest BCUT2D eigenvalue weighted by atomic mass is 9.79. The van der Waals surface area contributed by atoms with Gasteiger partial charge in [-0.2, -0.15) is 13.2 Å². The summed E-state index contributed by atoms with van der Waals surface area (Å²) in [5.74, 6) is -0.295. The van der Waals surface area contributed by atoms with Gasteiger partial charge in [0.1, 0.15) is 11.5 Å². The van der Waals surface area contributed by atoms with E-state index in [-0.39, 0.29) is 23.5 Å². The number of hydrogen-bond acceptors (Lipinski definition) is 6. The molecule has 2 aliphatic rings. The Labute approximate surface area is 184 Å². The second kappa shape index (κ2) is 7.84. The van der Waals surface area contributed by atoms with E-state index in [0.717, 1.165) is 11.1 Å². The van der Waals surface area contributed by atoms with E-state index in [0.29, 0.717) is 29.3 Å². The standard InChI is InChI=1S/C22H24F3N3O3S/c1-13-10-16(3-4-17(13)18-5-2-15-11-27-20(26)19(15)28-18)32(30,31)12-14-6-8-21(29,9-7-14)22(23,24)25/h2-5,10,14,29H,6-9,11-12H2,1H3,(H2,26,27). The Morgan fingerprint density at radius 1 is 1.19 bits per heavy atom. The largest absolute Gasteiger partial charge is 0.417 e. The molecule has 1 aromatic heterocycles. The number of amidine groups is 1. The molecule has 3 N–H and O–H groups in total. The molecular weight excluding hydrogens is 443 g/mol. The molecule has 0 saturated heterocycles. The monoisotopic (exact) mass is 467 g/mol. The topological polar surface area (TPSA) is 106 Å². The van der Waals surface area contributed by atoms with Gasteiger partial charge in [-0.05, 0) is 62.3 Å². The smallest absolute Gasteiger partial charge is 0.382 e. The van der Waals surface area contributed by atoms with Crippen LogP contribution >= 0.6 is 0 Å². The Hall–Kier alpha value is -2.46. The van der Waals surface area contributed by atoms with Gasteiger partial charge in [0.2, 0.25) is 0 Å². The van der Waals surface area contributed by atoms with Gasteiger partial charge >= 0.3 is 6.18 Å². The fourth-order valence-electron chi connectivity index (χ4n) is 4.36. The first-order chi connectivity index (χ1) is 14.9. The van der Waals surface area contributed by atoms with Crippen LogP contribution in [0.3, 0.4) is 0 Å². The predicted molar refractivity (Wildman–Crippen MR) is 114 cm³/mol. The summed E-state index contributed by atoms with van der Waals surface area (Å²) < 4.78 is 64.8. The Morgan fingerprint density at radius 2 is 1.88 bits per heavy atom. The summed E-state index contributed by atoms with van der Waals surface area (Å²) in [5.41, 5.74) is 6.85. The average molecular weight is 468 g/mol. The molecule has 0 bridgehead atoms. The zero-order valence-corrected chi connectivity index (χ0v) is 18.3. The number of pyridine rings is 1. The maximum absolute atomic E-state index is 13.0. The van der Waals surface area contributed by atoms with E-state index in [1.54, 1.807) is 19.1 Å². The number of aliphatic imine (C=N–C) groups is 1. The van der Waals surface area contributed by atoms with Gasteiger partial charge in [0.05, 0.1) is 22.9 Å². The molecule has 1 aliphatic heterocycles. The molecule has 1 aliphatic carbocycles. The van der Waals surface area contributed by atoms with Crippen molar-refractivity contribution in [1.29, 1.82) is 0 Å². The Bertz CT molecular complexity index is 1180. The second-order valence-electron chi connectivity index (χ2n) is 8.64. The molecule has 1 fully saturated rings. The third-order valence-electron chi connectivity index (χ3n) is 6.39. The number of nitrogens with two attached hydrogens (primary N) is 1. The van der Waals surface area contributed by atoms with Crippen LogP contribution in [0.2, 0.25) is 0 Å². The van der Waals surface area contributed by atoms with Crippen LogP contribution in [0, 0.1) is 12.8 Å². The van der Waals surface area contributed by atoms with Crippen LogP contribution in [0.1, 0.15) is 42.5 Å². The maximum atomic E-state index is 13.0. The molecule has 0 spiro atoms. The minimum Gasteiger partial charge on any atom is -0.382 e. The van der Waals surface area contributed by atoms with Gasteiger partial charge in [0.25, 0.3) is 0 Å². The molecule has 10 heteroatoms. The molecule has 32 heavy (non-hydrogen) atoms. The summed E-state index contributed by atoms with van der Waals surface area (Å²) in [5, 5.41) is 9.80. The zero-order valence-electron chi connectivity index (χ0n) is 17.5. The molecular formula is C22H24F3N3O3S. The van der Waals surface area contributed by atoms with Crippen LogP contribution in [-0.4, -0.2) is 41.9 Å².